The van der Waals surface area contributed by atoms with Crippen LogP contribution in [0.25, 0.3) is 0 Å². The number of ketones is 1. The van der Waals surface area contributed by atoms with Crippen LogP contribution in [-0.4, -0.2) is 41.3 Å². The van der Waals surface area contributed by atoms with Gasteiger partial charge in [-0.3, -0.25) is 19.1 Å². The maximum absolute atomic E-state index is 12.6. The van der Waals surface area contributed by atoms with Gasteiger partial charge in [0.15, 0.2) is 5.78 Å². The van der Waals surface area contributed by atoms with Crippen molar-refractivity contribution in [3.63, 3.8) is 0 Å². The lowest BCUT2D eigenvalue weighted by atomic mass is 10.2. The van der Waals surface area contributed by atoms with Gasteiger partial charge in [0.05, 0.1) is 12.3 Å². The SMILES string of the molecule is CCCn1c(N)c(C(=O)CSc2nnnn2Cc2ccccc2)c(=O)[nH]c1=O. The second kappa shape index (κ2) is 8.65. The number of thioether (sulfide) groups is 1. The lowest BCUT2D eigenvalue weighted by Gasteiger charge is -2.11. The van der Waals surface area contributed by atoms with E-state index in [2.05, 4.69) is 20.5 Å². The molecule has 1 aromatic carbocycles. The molecule has 0 unspecified atom stereocenters. The number of nitrogens with zero attached hydrogens (tertiary/aromatic N) is 5. The molecule has 0 fully saturated rings. The molecule has 0 radical (unpaired) electrons. The Kier molecular flexibility index (Phi) is 6.04. The van der Waals surface area contributed by atoms with Crippen LogP contribution in [0.1, 0.15) is 29.3 Å². The second-order valence-electron chi connectivity index (χ2n) is 5.99. The van der Waals surface area contributed by atoms with Gasteiger partial charge in [-0.15, -0.1) is 5.10 Å². The third-order valence-corrected chi connectivity index (χ3v) is 4.93. The number of nitrogen functional groups attached to an aromatic ring is 1. The summed E-state index contributed by atoms with van der Waals surface area (Å²) < 4.78 is 2.76. The molecular weight excluding hydrogens is 382 g/mol. The van der Waals surface area contributed by atoms with Crippen LogP contribution in [0.2, 0.25) is 0 Å². The van der Waals surface area contributed by atoms with Crippen LogP contribution in [-0.2, 0) is 13.1 Å². The Morgan fingerprint density at radius 3 is 2.71 bits per heavy atom. The molecule has 0 spiro atoms. The third-order valence-electron chi connectivity index (χ3n) is 3.97. The van der Waals surface area contributed by atoms with E-state index >= 15 is 0 Å². The van der Waals surface area contributed by atoms with E-state index in [-0.39, 0.29) is 17.1 Å². The number of Topliss-reactive ketones (excluding diaryl/α,β-unsaturated/α-hetero) is 1. The van der Waals surface area contributed by atoms with Gasteiger partial charge < -0.3 is 5.73 Å². The zero-order chi connectivity index (χ0) is 20.1. The number of nitrogens with two attached hydrogens (primary N) is 1. The van der Waals surface area contributed by atoms with Crippen molar-refractivity contribution in [1.82, 2.24) is 29.8 Å². The monoisotopic (exact) mass is 401 g/mol. The highest BCUT2D eigenvalue weighted by molar-refractivity contribution is 7.99. The minimum Gasteiger partial charge on any atom is -0.384 e. The van der Waals surface area contributed by atoms with Crippen LogP contribution < -0.4 is 17.0 Å². The van der Waals surface area contributed by atoms with Crippen LogP contribution in [0.5, 0.6) is 0 Å². The summed E-state index contributed by atoms with van der Waals surface area (Å²) in [5.74, 6) is -0.708. The van der Waals surface area contributed by atoms with E-state index < -0.39 is 17.0 Å². The number of carbonyl (C=O) groups excluding carboxylic acids is 1. The maximum Gasteiger partial charge on any atom is 0.329 e. The number of carbonyl (C=O) groups is 1. The van der Waals surface area contributed by atoms with E-state index in [1.54, 1.807) is 4.68 Å². The number of nitrogens with one attached hydrogen (secondary N) is 1. The summed E-state index contributed by atoms with van der Waals surface area (Å²) in [6, 6.07) is 9.63. The highest BCUT2D eigenvalue weighted by atomic mass is 32.2. The normalized spacial score (nSPS) is 10.9. The van der Waals surface area contributed by atoms with Crippen molar-refractivity contribution in [2.75, 3.05) is 11.5 Å². The molecule has 0 saturated heterocycles. The standard InChI is InChI=1S/C17H19N7O3S/c1-2-8-23-14(18)13(15(26)19-16(23)27)12(25)10-28-17-20-21-22-24(17)9-11-6-4-3-5-7-11/h3-7H,2,8-10,18H2,1H3,(H,19,26,27). The molecule has 0 atom stereocenters. The van der Waals surface area contributed by atoms with E-state index in [9.17, 15) is 14.4 Å². The predicted molar refractivity (Wildman–Crippen MR) is 104 cm³/mol. The molecule has 2 aromatic heterocycles. The Hall–Kier alpha value is -3.21. The number of hydrogen-bond acceptors (Lipinski definition) is 8. The minimum atomic E-state index is -0.788. The van der Waals surface area contributed by atoms with E-state index in [4.69, 9.17) is 5.73 Å². The molecule has 2 heterocycles. The van der Waals surface area contributed by atoms with Crippen LogP contribution in [0.3, 0.4) is 0 Å². The molecule has 0 saturated carbocycles. The first kappa shape index (κ1) is 19.5. The van der Waals surface area contributed by atoms with E-state index in [0.29, 0.717) is 24.7 Å². The molecule has 0 bridgehead atoms. The van der Waals surface area contributed by atoms with Gasteiger partial charge in [-0.25, -0.2) is 9.48 Å². The van der Waals surface area contributed by atoms with Gasteiger partial charge in [-0.2, -0.15) is 0 Å². The Morgan fingerprint density at radius 1 is 1.25 bits per heavy atom. The van der Waals surface area contributed by atoms with Crippen molar-refractivity contribution in [2.24, 2.45) is 0 Å². The molecule has 0 aliphatic carbocycles. The average molecular weight is 401 g/mol. The Bertz CT molecular complexity index is 1090. The number of aromatic amines is 1. The van der Waals surface area contributed by atoms with Crippen molar-refractivity contribution in [3.05, 3.63) is 62.3 Å². The van der Waals surface area contributed by atoms with E-state index in [1.807, 2.05) is 37.3 Å². The van der Waals surface area contributed by atoms with Crippen molar-refractivity contribution >= 4 is 23.4 Å². The zero-order valence-electron chi connectivity index (χ0n) is 15.2. The molecule has 0 aliphatic rings. The lowest BCUT2D eigenvalue weighted by Crippen LogP contribution is -2.36. The summed E-state index contributed by atoms with van der Waals surface area (Å²) in [5.41, 5.74) is 5.30. The van der Waals surface area contributed by atoms with Crippen molar-refractivity contribution in [3.8, 4) is 0 Å². The van der Waals surface area contributed by atoms with E-state index in [1.165, 1.54) is 4.57 Å². The number of aromatic nitrogens is 6. The average Bonchev–Trinajstić information content (AvgIpc) is 3.11. The summed E-state index contributed by atoms with van der Waals surface area (Å²) in [6.45, 7) is 2.62. The predicted octanol–water partition coefficient (Wildman–Crippen LogP) is 0.539. The molecule has 10 nitrogen and oxygen atoms in total. The van der Waals surface area contributed by atoms with Crippen LogP contribution in [0.4, 0.5) is 5.82 Å². The number of anilines is 1. The Labute approximate surface area is 163 Å². The van der Waals surface area contributed by atoms with Gasteiger partial charge >= 0.3 is 5.69 Å². The minimum absolute atomic E-state index is 0.0905. The van der Waals surface area contributed by atoms with Crippen LogP contribution in [0, 0.1) is 0 Å². The van der Waals surface area contributed by atoms with Gasteiger partial charge in [0, 0.05) is 6.54 Å². The summed E-state index contributed by atoms with van der Waals surface area (Å²) in [4.78, 5) is 38.7. The lowest BCUT2D eigenvalue weighted by molar-refractivity contribution is 0.102. The largest absolute Gasteiger partial charge is 0.384 e. The van der Waals surface area contributed by atoms with Gasteiger partial charge in [-0.05, 0) is 22.4 Å². The first-order chi connectivity index (χ1) is 13.5. The summed E-state index contributed by atoms with van der Waals surface area (Å²) >= 11 is 1.10. The summed E-state index contributed by atoms with van der Waals surface area (Å²) in [7, 11) is 0. The number of H-pyrrole nitrogens is 1. The highest BCUT2D eigenvalue weighted by Gasteiger charge is 2.20. The summed E-state index contributed by atoms with van der Waals surface area (Å²) in [5, 5.41) is 11.9. The first-order valence-corrected chi connectivity index (χ1v) is 9.58. The number of benzene rings is 1. The molecule has 28 heavy (non-hydrogen) atoms. The molecule has 3 aromatic rings. The van der Waals surface area contributed by atoms with Crippen molar-refractivity contribution in [2.45, 2.75) is 31.6 Å². The fourth-order valence-electron chi connectivity index (χ4n) is 2.66. The Morgan fingerprint density at radius 2 is 2.00 bits per heavy atom. The quantitative estimate of drug-likeness (QED) is 0.411. The first-order valence-electron chi connectivity index (χ1n) is 8.60. The number of tetrazole rings is 1. The molecule has 0 amide bonds. The fourth-order valence-corrected chi connectivity index (χ4v) is 3.41. The van der Waals surface area contributed by atoms with E-state index in [0.717, 1.165) is 17.3 Å². The molecule has 3 rings (SSSR count). The summed E-state index contributed by atoms with van der Waals surface area (Å²) in [6.07, 6.45) is 0.632. The molecule has 11 heteroatoms. The fraction of sp³-hybridized carbons (Fsp3) is 0.294. The van der Waals surface area contributed by atoms with Gasteiger partial charge in [-0.1, -0.05) is 49.0 Å². The Balaban J connectivity index is 1.77. The van der Waals surface area contributed by atoms with Crippen molar-refractivity contribution < 1.29 is 4.79 Å². The molecular formula is C17H19N7O3S. The topological polar surface area (TPSA) is 142 Å². The second-order valence-corrected chi connectivity index (χ2v) is 6.93. The third kappa shape index (κ3) is 4.19. The molecule has 3 N–H and O–H groups in total. The van der Waals surface area contributed by atoms with Gasteiger partial charge in [0.2, 0.25) is 5.16 Å². The maximum atomic E-state index is 12.6. The number of hydrogen-bond donors (Lipinski definition) is 2. The van der Waals surface area contributed by atoms with Crippen LogP contribution >= 0.6 is 11.8 Å². The zero-order valence-corrected chi connectivity index (χ0v) is 16.0. The van der Waals surface area contributed by atoms with Crippen LogP contribution in [0.15, 0.2) is 45.1 Å². The van der Waals surface area contributed by atoms with Gasteiger partial charge in [0.1, 0.15) is 11.4 Å². The molecule has 0 aliphatic heterocycles. The highest BCUT2D eigenvalue weighted by Crippen LogP contribution is 2.17. The van der Waals surface area contributed by atoms with Gasteiger partial charge in [0.25, 0.3) is 5.56 Å². The molecule has 146 valence electrons. The smallest absolute Gasteiger partial charge is 0.329 e. The number of rotatable bonds is 8. The van der Waals surface area contributed by atoms with Crippen molar-refractivity contribution in [1.29, 1.82) is 0 Å².